The number of anilines is 1. The summed E-state index contributed by atoms with van der Waals surface area (Å²) in [4.78, 5) is 13.0. The van der Waals surface area contributed by atoms with E-state index in [1.807, 2.05) is 24.3 Å². The van der Waals surface area contributed by atoms with Gasteiger partial charge in [-0.2, -0.15) is 4.31 Å². The number of amides is 1. The fourth-order valence-electron chi connectivity index (χ4n) is 3.42. The molecule has 0 radical (unpaired) electrons. The lowest BCUT2D eigenvalue weighted by molar-refractivity contribution is 0.102. The number of carbonyl (C=O) groups excluding carboxylic acids is 1. The molecular formula is C22H28N2O4S. The zero-order chi connectivity index (χ0) is 21.0. The van der Waals surface area contributed by atoms with Crippen molar-refractivity contribution in [2.75, 3.05) is 25.5 Å². The minimum absolute atomic E-state index is 0.110. The van der Waals surface area contributed by atoms with Crippen molar-refractivity contribution in [3.63, 3.8) is 0 Å². The Morgan fingerprint density at radius 1 is 1.14 bits per heavy atom. The number of aryl methyl sites for hydroxylation is 1. The van der Waals surface area contributed by atoms with Crippen LogP contribution in [0.2, 0.25) is 0 Å². The van der Waals surface area contributed by atoms with Crippen molar-refractivity contribution in [3.05, 3.63) is 53.6 Å². The lowest BCUT2D eigenvalue weighted by atomic mass is 10.0. The second-order valence-electron chi connectivity index (χ2n) is 7.45. The Balaban J connectivity index is 1.87. The lowest BCUT2D eigenvalue weighted by Crippen LogP contribution is -2.37. The molecule has 0 atom stereocenters. The van der Waals surface area contributed by atoms with E-state index in [0.717, 1.165) is 19.3 Å². The van der Waals surface area contributed by atoms with E-state index in [1.165, 1.54) is 35.2 Å². The van der Waals surface area contributed by atoms with Crippen molar-refractivity contribution >= 4 is 21.6 Å². The van der Waals surface area contributed by atoms with Gasteiger partial charge in [0.2, 0.25) is 10.0 Å². The highest BCUT2D eigenvalue weighted by atomic mass is 32.2. The maximum Gasteiger partial charge on any atom is 0.259 e. The minimum Gasteiger partial charge on any atom is -0.496 e. The summed E-state index contributed by atoms with van der Waals surface area (Å²) in [6, 6.07) is 12.0. The van der Waals surface area contributed by atoms with Gasteiger partial charge in [-0.25, -0.2) is 8.42 Å². The summed E-state index contributed by atoms with van der Waals surface area (Å²) in [5, 5.41) is 2.82. The van der Waals surface area contributed by atoms with E-state index in [4.69, 9.17) is 4.74 Å². The molecule has 2 aromatic rings. The van der Waals surface area contributed by atoms with Crippen LogP contribution in [0.4, 0.5) is 5.69 Å². The van der Waals surface area contributed by atoms with Gasteiger partial charge in [0, 0.05) is 18.8 Å². The molecule has 1 aliphatic heterocycles. The monoisotopic (exact) mass is 416 g/mol. The van der Waals surface area contributed by atoms with Gasteiger partial charge in [-0.05, 0) is 61.1 Å². The van der Waals surface area contributed by atoms with Crippen molar-refractivity contribution in [2.24, 2.45) is 5.92 Å². The van der Waals surface area contributed by atoms with Gasteiger partial charge in [0.25, 0.3) is 5.91 Å². The average Bonchev–Trinajstić information content (AvgIpc) is 2.74. The molecule has 1 saturated heterocycles. The number of methoxy groups -OCH3 is 1. The van der Waals surface area contributed by atoms with Gasteiger partial charge in [0.1, 0.15) is 5.75 Å². The first-order valence-electron chi connectivity index (χ1n) is 9.93. The highest BCUT2D eigenvalue weighted by Crippen LogP contribution is 2.28. The third-order valence-corrected chi connectivity index (χ3v) is 7.31. The van der Waals surface area contributed by atoms with E-state index in [0.29, 0.717) is 30.4 Å². The molecule has 0 saturated carbocycles. The van der Waals surface area contributed by atoms with Crippen molar-refractivity contribution in [1.82, 2.24) is 4.31 Å². The Labute approximate surface area is 172 Å². The van der Waals surface area contributed by atoms with Gasteiger partial charge < -0.3 is 10.1 Å². The van der Waals surface area contributed by atoms with E-state index >= 15 is 0 Å². The summed E-state index contributed by atoms with van der Waals surface area (Å²) in [5.41, 5.74) is 2.01. The maximum absolute atomic E-state index is 13.1. The number of rotatable bonds is 6. The first-order chi connectivity index (χ1) is 13.8. The number of hydrogen-bond donors (Lipinski definition) is 1. The van der Waals surface area contributed by atoms with E-state index < -0.39 is 15.9 Å². The zero-order valence-electron chi connectivity index (χ0n) is 17.1. The second kappa shape index (κ2) is 8.97. The first-order valence-corrected chi connectivity index (χ1v) is 11.4. The van der Waals surface area contributed by atoms with Crippen molar-refractivity contribution in [1.29, 1.82) is 0 Å². The topological polar surface area (TPSA) is 75.7 Å². The van der Waals surface area contributed by atoms with Gasteiger partial charge >= 0.3 is 0 Å². The van der Waals surface area contributed by atoms with Crippen molar-refractivity contribution < 1.29 is 17.9 Å². The number of carbonyl (C=O) groups is 1. The fourth-order valence-corrected chi connectivity index (χ4v) is 4.92. The number of piperidine rings is 1. The smallest absolute Gasteiger partial charge is 0.259 e. The summed E-state index contributed by atoms with van der Waals surface area (Å²) in [7, 11) is -2.19. The van der Waals surface area contributed by atoms with Crippen LogP contribution in [-0.4, -0.2) is 38.8 Å². The highest BCUT2D eigenvalue weighted by Gasteiger charge is 2.29. The number of sulfonamides is 1. The van der Waals surface area contributed by atoms with Crippen LogP contribution in [-0.2, 0) is 16.4 Å². The molecule has 1 amide bonds. The fraction of sp³-hybridized carbons (Fsp3) is 0.409. The van der Waals surface area contributed by atoms with Crippen LogP contribution in [0, 0.1) is 5.92 Å². The number of benzene rings is 2. The Morgan fingerprint density at radius 3 is 2.38 bits per heavy atom. The van der Waals surface area contributed by atoms with Crippen LogP contribution in [0.15, 0.2) is 47.4 Å². The van der Waals surface area contributed by atoms with Crippen LogP contribution in [0.1, 0.15) is 42.6 Å². The van der Waals surface area contributed by atoms with Crippen LogP contribution < -0.4 is 10.1 Å². The Bertz CT molecular complexity index is 963. The number of ether oxygens (including phenoxy) is 1. The molecule has 3 rings (SSSR count). The summed E-state index contributed by atoms with van der Waals surface area (Å²) in [5.74, 6) is 0.451. The molecule has 1 fully saturated rings. The Hall–Kier alpha value is -2.38. The van der Waals surface area contributed by atoms with Gasteiger partial charge in [-0.15, -0.1) is 0 Å². The average molecular weight is 417 g/mol. The second-order valence-corrected chi connectivity index (χ2v) is 9.39. The minimum atomic E-state index is -3.65. The largest absolute Gasteiger partial charge is 0.496 e. The number of hydrogen-bond acceptors (Lipinski definition) is 4. The SMILES string of the molecule is CCc1ccc(NC(=O)c2cc(S(=O)(=O)N3CCC(C)CC3)ccc2OC)cc1. The zero-order valence-corrected chi connectivity index (χ0v) is 18.0. The molecule has 1 N–H and O–H groups in total. The molecule has 6 nitrogen and oxygen atoms in total. The predicted molar refractivity (Wildman–Crippen MR) is 114 cm³/mol. The van der Waals surface area contributed by atoms with E-state index in [9.17, 15) is 13.2 Å². The van der Waals surface area contributed by atoms with E-state index in [2.05, 4.69) is 19.2 Å². The number of nitrogens with one attached hydrogen (secondary N) is 1. The Morgan fingerprint density at radius 2 is 1.79 bits per heavy atom. The van der Waals surface area contributed by atoms with Gasteiger partial charge in [-0.3, -0.25) is 4.79 Å². The molecular weight excluding hydrogens is 388 g/mol. The summed E-state index contributed by atoms with van der Waals surface area (Å²) < 4.78 is 32.9. The molecule has 156 valence electrons. The molecule has 29 heavy (non-hydrogen) atoms. The van der Waals surface area contributed by atoms with Crippen LogP contribution in [0.5, 0.6) is 5.75 Å². The lowest BCUT2D eigenvalue weighted by Gasteiger charge is -2.29. The molecule has 0 spiro atoms. The molecule has 0 bridgehead atoms. The van der Waals surface area contributed by atoms with E-state index in [-0.39, 0.29) is 10.5 Å². The number of nitrogens with zero attached hydrogens (tertiary/aromatic N) is 1. The third-order valence-electron chi connectivity index (χ3n) is 5.42. The third kappa shape index (κ3) is 4.79. The normalized spacial score (nSPS) is 15.8. The quantitative estimate of drug-likeness (QED) is 0.774. The highest BCUT2D eigenvalue weighted by molar-refractivity contribution is 7.89. The molecule has 2 aromatic carbocycles. The molecule has 1 heterocycles. The standard InChI is InChI=1S/C22H28N2O4S/c1-4-17-5-7-18(8-6-17)23-22(25)20-15-19(9-10-21(20)28-3)29(26,27)24-13-11-16(2)12-14-24/h5-10,15-16H,4,11-14H2,1-3H3,(H,23,25). The molecule has 0 aromatic heterocycles. The van der Waals surface area contributed by atoms with Gasteiger partial charge in [0.05, 0.1) is 17.6 Å². The van der Waals surface area contributed by atoms with Crippen LogP contribution in [0.25, 0.3) is 0 Å². The molecule has 0 unspecified atom stereocenters. The summed E-state index contributed by atoms with van der Waals surface area (Å²) in [6.07, 6.45) is 2.60. The van der Waals surface area contributed by atoms with Gasteiger partial charge in [-0.1, -0.05) is 26.0 Å². The summed E-state index contributed by atoms with van der Waals surface area (Å²) in [6.45, 7) is 5.20. The van der Waals surface area contributed by atoms with E-state index in [1.54, 1.807) is 0 Å². The van der Waals surface area contributed by atoms with Gasteiger partial charge in [0.15, 0.2) is 0 Å². The summed E-state index contributed by atoms with van der Waals surface area (Å²) >= 11 is 0. The van der Waals surface area contributed by atoms with Crippen molar-refractivity contribution in [2.45, 2.75) is 38.0 Å². The van der Waals surface area contributed by atoms with Crippen molar-refractivity contribution in [3.8, 4) is 5.75 Å². The first kappa shape index (κ1) is 21.3. The maximum atomic E-state index is 13.1. The molecule has 0 aliphatic carbocycles. The Kier molecular flexibility index (Phi) is 6.59. The molecule has 7 heteroatoms. The van der Waals surface area contributed by atoms with Crippen LogP contribution in [0.3, 0.4) is 0 Å². The predicted octanol–water partition coefficient (Wildman–Crippen LogP) is 3.93. The molecule has 1 aliphatic rings. The van der Waals surface area contributed by atoms with Crippen LogP contribution >= 0.6 is 0 Å².